The number of hydrogen-bond donors (Lipinski definition) is 2. The second-order valence-corrected chi connectivity index (χ2v) is 15.2. The molecule has 9 nitrogen and oxygen atoms in total. The topological polar surface area (TPSA) is 114 Å². The van der Waals surface area contributed by atoms with Gasteiger partial charge in [-0.15, -0.1) is 3.89 Å². The fourth-order valence-corrected chi connectivity index (χ4v) is 6.17. The summed E-state index contributed by atoms with van der Waals surface area (Å²) < 4.78 is 54.9. The Morgan fingerprint density at radius 2 is 1.84 bits per heavy atom. The lowest BCUT2D eigenvalue weighted by atomic mass is 9.85. The second kappa shape index (κ2) is 10.1. The highest BCUT2D eigenvalue weighted by Gasteiger charge is 2.31. The normalized spacial score (nSPS) is 15.6. The van der Waals surface area contributed by atoms with Crippen LogP contribution in [-0.4, -0.2) is 56.3 Å². The van der Waals surface area contributed by atoms with Crippen LogP contribution in [0.15, 0.2) is 41.4 Å². The number of ether oxygens (including phenoxy) is 1. The van der Waals surface area contributed by atoms with Gasteiger partial charge in [0.2, 0.25) is 5.95 Å². The van der Waals surface area contributed by atoms with E-state index < -0.39 is 22.3 Å². The smallest absolute Gasteiger partial charge is 0.332 e. The summed E-state index contributed by atoms with van der Waals surface area (Å²) in [6, 6.07) is 7.51. The second-order valence-electron chi connectivity index (χ2n) is 10.3. The average molecular weight is 582 g/mol. The van der Waals surface area contributed by atoms with Crippen molar-refractivity contribution in [1.29, 1.82) is 0 Å². The summed E-state index contributed by atoms with van der Waals surface area (Å²) in [7, 11) is -4.31. The lowest BCUT2D eigenvalue weighted by Gasteiger charge is -2.41. The fraction of sp³-hybridized carbons (Fsp3) is 0.360. The monoisotopic (exact) mass is 581 g/mol. The molecule has 1 aliphatic heterocycles. The van der Waals surface area contributed by atoms with E-state index in [1.807, 2.05) is 12.1 Å². The first kappa shape index (κ1) is 28.3. The predicted octanol–water partition coefficient (Wildman–Crippen LogP) is 5.30. The maximum absolute atomic E-state index is 13.6. The number of hydrogen-bond acceptors (Lipinski definition) is 9. The number of fused-ring (bicyclic) bond motifs is 1. The molecular formula is C25H30ClFN5O4PS. The molecule has 0 bridgehead atoms. The molecule has 3 aromatic rings. The molecule has 1 aliphatic rings. The van der Waals surface area contributed by atoms with Gasteiger partial charge in [0.15, 0.2) is 5.82 Å². The molecular weight excluding hydrogens is 552 g/mol. The number of aromatic nitrogens is 2. The van der Waals surface area contributed by atoms with Crippen molar-refractivity contribution in [2.75, 3.05) is 38.1 Å². The van der Waals surface area contributed by atoms with Crippen LogP contribution in [-0.2, 0) is 27.8 Å². The van der Waals surface area contributed by atoms with Crippen LogP contribution in [0.5, 0.6) is 5.75 Å². The summed E-state index contributed by atoms with van der Waals surface area (Å²) in [6.45, 7) is 8.10. The summed E-state index contributed by atoms with van der Waals surface area (Å²) in [5, 5.41) is 6.50. The molecule has 0 fully saturated rings. The van der Waals surface area contributed by atoms with Crippen molar-refractivity contribution < 1.29 is 21.6 Å². The number of nitrogens with one attached hydrogen (secondary N) is 2. The number of methoxy groups -OCH3 is 1. The minimum absolute atomic E-state index is 0.0270. The zero-order chi connectivity index (χ0) is 28.0. The van der Waals surface area contributed by atoms with Crippen molar-refractivity contribution >= 4 is 57.4 Å². The molecule has 0 atom stereocenters. The molecule has 0 amide bonds. The molecule has 2 N–H and O–H groups in total. The Morgan fingerprint density at radius 1 is 1.13 bits per heavy atom. The number of halogens is 2. The third kappa shape index (κ3) is 5.96. The van der Waals surface area contributed by atoms with Crippen molar-refractivity contribution in [2.24, 2.45) is 0 Å². The summed E-state index contributed by atoms with van der Waals surface area (Å²) in [5.74, 6) is 1.05. The van der Waals surface area contributed by atoms with Gasteiger partial charge in [-0.05, 0) is 82.1 Å². The van der Waals surface area contributed by atoms with Crippen LogP contribution >= 0.6 is 18.7 Å². The molecule has 38 heavy (non-hydrogen) atoms. The van der Waals surface area contributed by atoms with Gasteiger partial charge >= 0.3 is 10.2 Å². The molecule has 2 aromatic carbocycles. The molecule has 4 rings (SSSR count). The van der Waals surface area contributed by atoms with Gasteiger partial charge in [0, 0.05) is 17.4 Å². The molecule has 0 radical (unpaired) electrons. The highest BCUT2D eigenvalue weighted by molar-refractivity contribution is 7.86. The van der Waals surface area contributed by atoms with Crippen LogP contribution in [0.1, 0.15) is 25.0 Å². The van der Waals surface area contributed by atoms with Crippen molar-refractivity contribution in [3.63, 3.8) is 0 Å². The molecule has 1 aromatic heterocycles. The van der Waals surface area contributed by atoms with Crippen LogP contribution in [0.4, 0.5) is 27.0 Å². The molecule has 0 saturated carbocycles. The van der Waals surface area contributed by atoms with Gasteiger partial charge in [-0.3, -0.25) is 4.90 Å². The maximum Gasteiger partial charge on any atom is 0.332 e. The third-order valence-electron chi connectivity index (χ3n) is 6.66. The molecule has 13 heteroatoms. The zero-order valence-corrected chi connectivity index (χ0v) is 24.4. The molecule has 2 heterocycles. The Labute approximate surface area is 227 Å². The minimum atomic E-state index is -4.97. The predicted molar refractivity (Wildman–Crippen MR) is 150 cm³/mol. The standard InChI is InChI=1S/C25H30ClFN5O4PS/c1-25(2)12-15-10-21(36-4)20(9-16(15)14-32(25)3)30-24-28-13-18(26)23(31-24)29-19-8-7-17(38(27,34)35)11-22(19)37(5,6)33/h7-11,13H,12,14H2,1-6H3,(H2,28,29,30,31). The molecule has 204 valence electrons. The van der Waals surface area contributed by atoms with E-state index in [1.165, 1.54) is 31.2 Å². The molecule has 0 spiro atoms. The van der Waals surface area contributed by atoms with Crippen LogP contribution in [0.25, 0.3) is 0 Å². The van der Waals surface area contributed by atoms with Gasteiger partial charge in [0.25, 0.3) is 0 Å². The van der Waals surface area contributed by atoms with Crippen molar-refractivity contribution in [3.05, 3.63) is 52.7 Å². The van der Waals surface area contributed by atoms with Crippen LogP contribution in [0.3, 0.4) is 0 Å². The first-order valence-corrected chi connectivity index (χ1v) is 16.1. The largest absolute Gasteiger partial charge is 0.495 e. The van der Waals surface area contributed by atoms with E-state index in [0.717, 1.165) is 30.7 Å². The quantitative estimate of drug-likeness (QED) is 0.283. The minimum Gasteiger partial charge on any atom is -0.495 e. The van der Waals surface area contributed by atoms with E-state index in [-0.39, 0.29) is 33.3 Å². The fourth-order valence-electron chi connectivity index (χ4n) is 4.29. The first-order valence-electron chi connectivity index (χ1n) is 11.7. The van der Waals surface area contributed by atoms with Gasteiger partial charge in [-0.2, -0.15) is 13.4 Å². The maximum atomic E-state index is 13.6. The Hall–Kier alpha value is -2.72. The van der Waals surface area contributed by atoms with E-state index >= 15 is 0 Å². The highest BCUT2D eigenvalue weighted by atomic mass is 35.5. The first-order chi connectivity index (χ1) is 17.6. The molecule has 0 unspecified atom stereocenters. The van der Waals surface area contributed by atoms with Crippen LogP contribution in [0.2, 0.25) is 5.02 Å². The lowest BCUT2D eigenvalue weighted by molar-refractivity contribution is 0.133. The van der Waals surface area contributed by atoms with E-state index in [1.54, 1.807) is 7.11 Å². The van der Waals surface area contributed by atoms with Crippen molar-refractivity contribution in [1.82, 2.24) is 14.9 Å². The van der Waals surface area contributed by atoms with E-state index in [2.05, 4.69) is 46.4 Å². The van der Waals surface area contributed by atoms with Crippen LogP contribution in [0, 0.1) is 0 Å². The van der Waals surface area contributed by atoms with Crippen LogP contribution < -0.4 is 20.7 Å². The van der Waals surface area contributed by atoms with E-state index in [4.69, 9.17) is 16.3 Å². The Bertz CT molecular complexity index is 1560. The van der Waals surface area contributed by atoms with Gasteiger partial charge < -0.3 is 19.9 Å². The number of nitrogens with zero attached hydrogens (tertiary/aromatic N) is 3. The SMILES string of the molecule is COc1cc2c(cc1Nc1ncc(Cl)c(Nc3ccc(S(=O)(=O)F)cc3P(C)(C)=O)n1)CN(C)C(C)(C)C2. The Morgan fingerprint density at radius 3 is 2.47 bits per heavy atom. The van der Waals surface area contributed by atoms with Gasteiger partial charge in [-0.25, -0.2) is 4.98 Å². The number of rotatable bonds is 7. The zero-order valence-electron chi connectivity index (χ0n) is 22.0. The van der Waals surface area contributed by atoms with Gasteiger partial charge in [-0.1, -0.05) is 11.6 Å². The highest BCUT2D eigenvalue weighted by Crippen LogP contribution is 2.40. The summed E-state index contributed by atoms with van der Waals surface area (Å²) >= 11 is 6.35. The van der Waals surface area contributed by atoms with E-state index in [0.29, 0.717) is 11.4 Å². The lowest BCUT2D eigenvalue weighted by Crippen LogP contribution is -2.45. The number of likely N-dealkylation sites (N-methyl/N-ethyl adjacent to an activating group) is 1. The Balaban J connectivity index is 1.68. The average Bonchev–Trinajstić information content (AvgIpc) is 2.80. The van der Waals surface area contributed by atoms with Gasteiger partial charge in [0.1, 0.15) is 17.9 Å². The van der Waals surface area contributed by atoms with E-state index in [9.17, 15) is 16.9 Å². The summed E-state index contributed by atoms with van der Waals surface area (Å²) in [5.41, 5.74) is 3.37. The molecule has 0 saturated heterocycles. The summed E-state index contributed by atoms with van der Waals surface area (Å²) in [6.07, 6.45) is 2.28. The van der Waals surface area contributed by atoms with Crippen molar-refractivity contribution in [3.8, 4) is 5.75 Å². The summed E-state index contributed by atoms with van der Waals surface area (Å²) in [4.78, 5) is 10.5. The number of benzene rings is 2. The van der Waals surface area contributed by atoms with Gasteiger partial charge in [0.05, 0.1) is 29.6 Å². The number of anilines is 4. The third-order valence-corrected chi connectivity index (χ3v) is 9.28. The van der Waals surface area contributed by atoms with Crippen molar-refractivity contribution in [2.45, 2.75) is 37.2 Å². The molecule has 0 aliphatic carbocycles. The Kier molecular flexibility index (Phi) is 7.53.